The number of rotatable bonds is 4. The third-order valence-corrected chi connectivity index (χ3v) is 4.09. The third kappa shape index (κ3) is 3.27. The Morgan fingerprint density at radius 3 is 2.82 bits per heavy atom. The van der Waals surface area contributed by atoms with E-state index < -0.39 is 0 Å². The molecule has 1 saturated heterocycles. The van der Waals surface area contributed by atoms with Crippen molar-refractivity contribution in [2.24, 2.45) is 0 Å². The molecule has 0 aromatic heterocycles. The summed E-state index contributed by atoms with van der Waals surface area (Å²) in [5, 5.41) is 8.37. The number of carbonyl (C=O) groups is 3. The highest BCUT2D eigenvalue weighted by Crippen LogP contribution is 2.23. The zero-order valence-corrected chi connectivity index (χ0v) is 12.3. The largest absolute Gasteiger partial charge is 0.354 e. The predicted octanol–water partition coefficient (Wildman–Crippen LogP) is 0.509. The molecule has 0 aliphatic carbocycles. The van der Waals surface area contributed by atoms with Gasteiger partial charge >= 0.3 is 0 Å². The molecule has 0 spiro atoms. The van der Waals surface area contributed by atoms with Gasteiger partial charge in [0, 0.05) is 25.1 Å². The monoisotopic (exact) mass is 301 g/mol. The van der Waals surface area contributed by atoms with E-state index in [1.807, 2.05) is 12.1 Å². The summed E-state index contributed by atoms with van der Waals surface area (Å²) in [6.45, 7) is 0.538. The van der Waals surface area contributed by atoms with E-state index in [4.69, 9.17) is 0 Å². The second-order valence-electron chi connectivity index (χ2n) is 5.74. The second kappa shape index (κ2) is 6.17. The van der Waals surface area contributed by atoms with Crippen LogP contribution in [0.25, 0.3) is 0 Å². The number of amides is 3. The first-order valence-electron chi connectivity index (χ1n) is 7.60. The molecule has 6 heteroatoms. The van der Waals surface area contributed by atoms with Gasteiger partial charge in [0.1, 0.15) is 6.04 Å². The molecule has 0 radical (unpaired) electrons. The van der Waals surface area contributed by atoms with Crippen molar-refractivity contribution in [3.05, 3.63) is 29.3 Å². The number of fused-ring (bicyclic) bond motifs is 1. The topological polar surface area (TPSA) is 87.3 Å². The minimum absolute atomic E-state index is 0.0584. The maximum atomic E-state index is 11.9. The van der Waals surface area contributed by atoms with Crippen LogP contribution in [0.2, 0.25) is 0 Å². The maximum Gasteiger partial charge on any atom is 0.242 e. The average molecular weight is 301 g/mol. The zero-order valence-electron chi connectivity index (χ0n) is 12.3. The van der Waals surface area contributed by atoms with E-state index in [1.165, 1.54) is 0 Å². The molecule has 1 fully saturated rings. The summed E-state index contributed by atoms with van der Waals surface area (Å²) < 4.78 is 0. The lowest BCUT2D eigenvalue weighted by Gasteiger charge is -2.17. The van der Waals surface area contributed by atoms with Gasteiger partial charge in [-0.3, -0.25) is 14.4 Å². The van der Waals surface area contributed by atoms with Crippen molar-refractivity contribution in [1.29, 1.82) is 0 Å². The summed E-state index contributed by atoms with van der Waals surface area (Å²) in [7, 11) is 0. The van der Waals surface area contributed by atoms with E-state index in [2.05, 4.69) is 22.0 Å². The first kappa shape index (κ1) is 14.6. The van der Waals surface area contributed by atoms with Gasteiger partial charge in [-0.2, -0.15) is 0 Å². The summed E-state index contributed by atoms with van der Waals surface area (Å²) in [6.07, 6.45) is 3.01. The highest BCUT2D eigenvalue weighted by Gasteiger charge is 2.26. The summed E-state index contributed by atoms with van der Waals surface area (Å²) in [4.78, 5) is 34.3. The lowest BCUT2D eigenvalue weighted by molar-refractivity contribution is -0.125. The average Bonchev–Trinajstić information content (AvgIpc) is 2.94. The Morgan fingerprint density at radius 2 is 2.05 bits per heavy atom. The molecule has 6 nitrogen and oxygen atoms in total. The highest BCUT2D eigenvalue weighted by molar-refractivity contribution is 5.94. The number of nitrogens with one attached hydrogen (secondary N) is 3. The molecule has 2 aliphatic rings. The van der Waals surface area contributed by atoms with Crippen molar-refractivity contribution >= 4 is 23.4 Å². The summed E-state index contributed by atoms with van der Waals surface area (Å²) in [6, 6.07) is 5.58. The Bertz CT molecular complexity index is 627. The molecule has 116 valence electrons. The Kier molecular flexibility index (Phi) is 4.09. The molecule has 2 heterocycles. The first-order chi connectivity index (χ1) is 10.6. The minimum Gasteiger partial charge on any atom is -0.354 e. The van der Waals surface area contributed by atoms with Crippen LogP contribution in [0.15, 0.2) is 18.2 Å². The highest BCUT2D eigenvalue weighted by atomic mass is 16.2. The van der Waals surface area contributed by atoms with Crippen molar-refractivity contribution in [1.82, 2.24) is 10.6 Å². The van der Waals surface area contributed by atoms with Crippen LogP contribution >= 0.6 is 0 Å². The van der Waals surface area contributed by atoms with E-state index in [0.717, 1.165) is 29.7 Å². The van der Waals surface area contributed by atoms with Crippen LogP contribution in [0.1, 0.15) is 30.4 Å². The van der Waals surface area contributed by atoms with E-state index >= 15 is 0 Å². The number of hydrogen-bond donors (Lipinski definition) is 3. The molecular weight excluding hydrogens is 282 g/mol. The molecule has 0 bridgehead atoms. The predicted molar refractivity (Wildman–Crippen MR) is 81.3 cm³/mol. The van der Waals surface area contributed by atoms with E-state index in [-0.39, 0.29) is 23.8 Å². The van der Waals surface area contributed by atoms with Crippen molar-refractivity contribution in [3.63, 3.8) is 0 Å². The molecule has 3 rings (SSSR count). The van der Waals surface area contributed by atoms with Crippen molar-refractivity contribution in [2.75, 3.05) is 11.9 Å². The van der Waals surface area contributed by atoms with E-state index in [9.17, 15) is 14.4 Å². The van der Waals surface area contributed by atoms with Crippen LogP contribution in [-0.4, -0.2) is 30.3 Å². The molecule has 22 heavy (non-hydrogen) atoms. The van der Waals surface area contributed by atoms with Crippen LogP contribution in [0, 0.1) is 0 Å². The normalized spacial score (nSPS) is 20.1. The molecule has 1 aromatic rings. The van der Waals surface area contributed by atoms with Gasteiger partial charge in [0.25, 0.3) is 0 Å². The molecular formula is C16H19N3O3. The van der Waals surface area contributed by atoms with Gasteiger partial charge in [-0.05, 0) is 36.5 Å². The molecule has 3 amide bonds. The standard InChI is InChI=1S/C16H19N3O3/c20-14-5-2-11-9-10(1-3-12(11)18-14)7-8-17-16(22)13-4-6-15(21)19-13/h1,3,9,13H,2,4-8H2,(H,17,22)(H,18,20)(H,19,21). The van der Waals surface area contributed by atoms with Crippen LogP contribution in [0.3, 0.4) is 0 Å². The third-order valence-electron chi connectivity index (χ3n) is 4.09. The lowest BCUT2D eigenvalue weighted by Crippen LogP contribution is -2.42. The molecule has 1 atom stereocenters. The van der Waals surface area contributed by atoms with Crippen LogP contribution < -0.4 is 16.0 Å². The van der Waals surface area contributed by atoms with E-state index in [1.54, 1.807) is 0 Å². The fourth-order valence-corrected chi connectivity index (χ4v) is 2.86. The van der Waals surface area contributed by atoms with Gasteiger partial charge in [0.05, 0.1) is 0 Å². The van der Waals surface area contributed by atoms with Crippen molar-refractivity contribution in [2.45, 2.75) is 38.1 Å². The number of anilines is 1. The van der Waals surface area contributed by atoms with Gasteiger partial charge in [0.15, 0.2) is 0 Å². The SMILES string of the molecule is O=C1CCc2cc(CCNC(=O)C3CCC(=O)N3)ccc2N1. The molecule has 1 unspecified atom stereocenters. The molecule has 1 aromatic carbocycles. The van der Waals surface area contributed by atoms with Crippen LogP contribution in [-0.2, 0) is 27.2 Å². The van der Waals surface area contributed by atoms with Gasteiger partial charge in [-0.15, -0.1) is 0 Å². The van der Waals surface area contributed by atoms with Crippen molar-refractivity contribution in [3.8, 4) is 0 Å². The van der Waals surface area contributed by atoms with Gasteiger partial charge in [-0.25, -0.2) is 0 Å². The van der Waals surface area contributed by atoms with Crippen LogP contribution in [0.5, 0.6) is 0 Å². The van der Waals surface area contributed by atoms with Crippen molar-refractivity contribution < 1.29 is 14.4 Å². The quantitative estimate of drug-likeness (QED) is 0.757. The number of hydrogen-bond acceptors (Lipinski definition) is 3. The fourth-order valence-electron chi connectivity index (χ4n) is 2.86. The Balaban J connectivity index is 1.50. The second-order valence-corrected chi connectivity index (χ2v) is 5.74. The lowest BCUT2D eigenvalue weighted by atomic mass is 9.99. The first-order valence-corrected chi connectivity index (χ1v) is 7.60. The molecule has 0 saturated carbocycles. The minimum atomic E-state index is -0.383. The summed E-state index contributed by atoms with van der Waals surface area (Å²) in [5.74, 6) is -0.112. The maximum absolute atomic E-state index is 11.9. The van der Waals surface area contributed by atoms with E-state index in [0.29, 0.717) is 25.8 Å². The Morgan fingerprint density at radius 1 is 1.18 bits per heavy atom. The Hall–Kier alpha value is -2.37. The van der Waals surface area contributed by atoms with Gasteiger partial charge in [-0.1, -0.05) is 12.1 Å². The molecule has 2 aliphatic heterocycles. The summed E-state index contributed by atoms with van der Waals surface area (Å²) >= 11 is 0. The van der Waals surface area contributed by atoms with Gasteiger partial charge < -0.3 is 16.0 Å². The van der Waals surface area contributed by atoms with Crippen LogP contribution in [0.4, 0.5) is 5.69 Å². The number of aryl methyl sites for hydroxylation is 1. The van der Waals surface area contributed by atoms with Gasteiger partial charge in [0.2, 0.25) is 17.7 Å². The zero-order chi connectivity index (χ0) is 15.5. The Labute approximate surface area is 128 Å². The smallest absolute Gasteiger partial charge is 0.242 e. The fraction of sp³-hybridized carbons (Fsp3) is 0.438. The number of benzene rings is 1. The molecule has 3 N–H and O–H groups in total. The number of carbonyl (C=O) groups excluding carboxylic acids is 3. The summed E-state index contributed by atoms with van der Waals surface area (Å²) in [5.41, 5.74) is 3.16.